The van der Waals surface area contributed by atoms with Gasteiger partial charge in [0.05, 0.1) is 11.6 Å². The number of amides is 4. The van der Waals surface area contributed by atoms with E-state index in [1.165, 1.54) is 56.1 Å². The van der Waals surface area contributed by atoms with Gasteiger partial charge in [-0.2, -0.15) is 0 Å². The highest BCUT2D eigenvalue weighted by Gasteiger charge is 2.37. The van der Waals surface area contributed by atoms with Crippen LogP contribution in [-0.2, 0) is 14.4 Å². The topological polar surface area (TPSA) is 173 Å². The lowest BCUT2D eigenvalue weighted by molar-refractivity contribution is -0.140. The number of likely N-dealkylation sites (tertiary alicyclic amines) is 1. The second kappa shape index (κ2) is 10.6. The predicted octanol–water partition coefficient (Wildman–Crippen LogP) is 0.912. The number of carbonyl (C=O) groups excluding carboxylic acids is 4. The zero-order valence-electron chi connectivity index (χ0n) is 20.3. The van der Waals surface area contributed by atoms with Gasteiger partial charge in [-0.3, -0.25) is 24.1 Å². The summed E-state index contributed by atoms with van der Waals surface area (Å²) in [6.07, 6.45) is 1.04. The summed E-state index contributed by atoms with van der Waals surface area (Å²) in [7, 11) is 1.19. The van der Waals surface area contributed by atoms with E-state index in [9.17, 15) is 34.5 Å². The van der Waals surface area contributed by atoms with Crippen LogP contribution in [0.15, 0.2) is 36.4 Å². The van der Waals surface area contributed by atoms with E-state index in [0.29, 0.717) is 24.9 Å². The van der Waals surface area contributed by atoms with Crippen LogP contribution >= 0.6 is 0 Å². The Balaban J connectivity index is 1.81. The van der Waals surface area contributed by atoms with Crippen molar-refractivity contribution in [3.63, 3.8) is 0 Å². The van der Waals surface area contributed by atoms with E-state index in [2.05, 4.69) is 5.32 Å². The zero-order chi connectivity index (χ0) is 26.7. The first-order valence-corrected chi connectivity index (χ1v) is 11.5. The molecular weight excluding hydrogens is 468 g/mol. The van der Waals surface area contributed by atoms with Crippen LogP contribution in [0.2, 0.25) is 0 Å². The number of hydrogen-bond donors (Lipinski definition) is 5. The maximum atomic E-state index is 13.3. The van der Waals surface area contributed by atoms with Gasteiger partial charge in [0, 0.05) is 19.2 Å². The lowest BCUT2D eigenvalue weighted by Crippen LogP contribution is -2.54. The van der Waals surface area contributed by atoms with Crippen molar-refractivity contribution in [2.75, 3.05) is 13.6 Å². The molecule has 0 radical (unpaired) electrons. The molecule has 192 valence electrons. The largest absolute Gasteiger partial charge is 0.508 e. The standard InChI is InChI=1S/C25H30N4O7/c1-13(26)23(34)29-12-4-5-17(29)22(33)27-14(2)24(35)28(3)25(36)21-19(32)11-10-18(31)20(21)15-6-8-16(30)9-7-15/h6-11,13-14,17,30-32H,4-5,12,26H2,1-3H3,(H,27,33)/t13-,14-,17-/m0/s1. The third kappa shape index (κ3) is 5.25. The number of carbonyl (C=O) groups is 4. The maximum Gasteiger partial charge on any atom is 0.264 e. The number of nitrogens with two attached hydrogens (primary N) is 1. The number of nitrogens with one attached hydrogen (secondary N) is 1. The highest BCUT2D eigenvalue weighted by Crippen LogP contribution is 2.38. The van der Waals surface area contributed by atoms with Gasteiger partial charge < -0.3 is 31.3 Å². The lowest BCUT2D eigenvalue weighted by atomic mass is 9.96. The molecule has 3 rings (SSSR count). The molecule has 1 aliphatic heterocycles. The van der Waals surface area contributed by atoms with Gasteiger partial charge in [0.1, 0.15) is 29.3 Å². The van der Waals surface area contributed by atoms with Gasteiger partial charge in [-0.1, -0.05) is 12.1 Å². The van der Waals surface area contributed by atoms with Gasteiger partial charge in [0.2, 0.25) is 11.8 Å². The summed E-state index contributed by atoms with van der Waals surface area (Å²) in [6.45, 7) is 3.32. The van der Waals surface area contributed by atoms with Gasteiger partial charge in [0.15, 0.2) is 0 Å². The second-order valence-corrected chi connectivity index (χ2v) is 8.81. The van der Waals surface area contributed by atoms with Crippen LogP contribution in [0.4, 0.5) is 0 Å². The number of aromatic hydroxyl groups is 3. The van der Waals surface area contributed by atoms with Gasteiger partial charge in [0.25, 0.3) is 11.8 Å². The number of imide groups is 1. The fraction of sp³-hybridized carbons (Fsp3) is 0.360. The summed E-state index contributed by atoms with van der Waals surface area (Å²) >= 11 is 0. The molecule has 4 amide bonds. The zero-order valence-corrected chi connectivity index (χ0v) is 20.3. The van der Waals surface area contributed by atoms with Gasteiger partial charge in [-0.05, 0) is 56.5 Å². The van der Waals surface area contributed by atoms with E-state index in [-0.39, 0.29) is 28.5 Å². The van der Waals surface area contributed by atoms with Crippen molar-refractivity contribution in [3.05, 3.63) is 42.0 Å². The van der Waals surface area contributed by atoms with Crippen LogP contribution in [0, 0.1) is 0 Å². The first-order valence-electron chi connectivity index (χ1n) is 11.5. The van der Waals surface area contributed by atoms with E-state index in [4.69, 9.17) is 5.73 Å². The van der Waals surface area contributed by atoms with Gasteiger partial charge in [-0.15, -0.1) is 0 Å². The quantitative estimate of drug-likeness (QED) is 0.365. The molecule has 0 aromatic heterocycles. The van der Waals surface area contributed by atoms with Crippen molar-refractivity contribution < 1.29 is 34.5 Å². The molecule has 1 heterocycles. The number of rotatable bonds is 6. The Morgan fingerprint density at radius 2 is 1.64 bits per heavy atom. The molecule has 1 saturated heterocycles. The molecule has 0 spiro atoms. The number of benzene rings is 2. The molecular formula is C25H30N4O7. The summed E-state index contributed by atoms with van der Waals surface area (Å²) in [5.74, 6) is -3.39. The van der Waals surface area contributed by atoms with E-state index in [1.54, 1.807) is 0 Å². The Hall–Kier alpha value is -4.12. The molecule has 1 aliphatic rings. The number of phenolic OH excluding ortho intramolecular Hbond substituents is 3. The smallest absolute Gasteiger partial charge is 0.264 e. The Labute approximate surface area is 208 Å². The molecule has 3 atom stereocenters. The highest BCUT2D eigenvalue weighted by atomic mass is 16.3. The summed E-state index contributed by atoms with van der Waals surface area (Å²) < 4.78 is 0. The average Bonchev–Trinajstić information content (AvgIpc) is 3.34. The maximum absolute atomic E-state index is 13.3. The van der Waals surface area contributed by atoms with Crippen molar-refractivity contribution in [3.8, 4) is 28.4 Å². The minimum Gasteiger partial charge on any atom is -0.508 e. The molecule has 1 fully saturated rings. The van der Waals surface area contributed by atoms with E-state index < -0.39 is 41.6 Å². The molecule has 0 saturated carbocycles. The lowest BCUT2D eigenvalue weighted by Gasteiger charge is -2.27. The summed E-state index contributed by atoms with van der Waals surface area (Å²) in [6, 6.07) is 5.26. The van der Waals surface area contributed by atoms with Crippen molar-refractivity contribution in [1.82, 2.24) is 15.1 Å². The molecule has 0 bridgehead atoms. The Kier molecular flexibility index (Phi) is 7.83. The third-order valence-corrected chi connectivity index (χ3v) is 6.12. The van der Waals surface area contributed by atoms with Crippen molar-refractivity contribution in [2.45, 2.75) is 44.8 Å². The monoisotopic (exact) mass is 498 g/mol. The Bertz CT molecular complexity index is 1180. The molecule has 2 aromatic rings. The number of likely N-dealkylation sites (N-methyl/N-ethyl adjacent to an activating group) is 1. The molecule has 11 heteroatoms. The minimum atomic E-state index is -1.13. The third-order valence-electron chi connectivity index (χ3n) is 6.12. The summed E-state index contributed by atoms with van der Waals surface area (Å²) in [5.41, 5.74) is 5.65. The Morgan fingerprint density at radius 1 is 1.03 bits per heavy atom. The van der Waals surface area contributed by atoms with Crippen LogP contribution in [-0.4, -0.2) is 80.5 Å². The number of hydrogen-bond acceptors (Lipinski definition) is 8. The number of nitrogens with zero attached hydrogens (tertiary/aromatic N) is 2. The van der Waals surface area contributed by atoms with Crippen LogP contribution < -0.4 is 11.1 Å². The molecule has 2 aromatic carbocycles. The predicted molar refractivity (Wildman–Crippen MR) is 130 cm³/mol. The number of phenols is 3. The second-order valence-electron chi connectivity index (χ2n) is 8.81. The van der Waals surface area contributed by atoms with Crippen LogP contribution in [0.3, 0.4) is 0 Å². The molecule has 36 heavy (non-hydrogen) atoms. The Morgan fingerprint density at radius 3 is 2.25 bits per heavy atom. The van der Waals surface area contributed by atoms with Gasteiger partial charge >= 0.3 is 0 Å². The first-order chi connectivity index (χ1) is 16.9. The van der Waals surface area contributed by atoms with E-state index in [1.807, 2.05) is 0 Å². The fourth-order valence-corrected chi connectivity index (χ4v) is 4.21. The molecule has 11 nitrogen and oxygen atoms in total. The van der Waals surface area contributed by atoms with Crippen molar-refractivity contribution in [2.24, 2.45) is 5.73 Å². The van der Waals surface area contributed by atoms with Gasteiger partial charge in [-0.25, -0.2) is 0 Å². The average molecular weight is 499 g/mol. The molecule has 0 aliphatic carbocycles. The minimum absolute atomic E-state index is 0.0210. The fourth-order valence-electron chi connectivity index (χ4n) is 4.21. The summed E-state index contributed by atoms with van der Waals surface area (Å²) in [4.78, 5) is 53.6. The van der Waals surface area contributed by atoms with E-state index >= 15 is 0 Å². The van der Waals surface area contributed by atoms with Crippen LogP contribution in [0.5, 0.6) is 17.2 Å². The van der Waals surface area contributed by atoms with Crippen molar-refractivity contribution >= 4 is 23.6 Å². The molecule has 0 unspecified atom stereocenters. The van der Waals surface area contributed by atoms with Crippen molar-refractivity contribution in [1.29, 1.82) is 0 Å². The van der Waals surface area contributed by atoms with Crippen LogP contribution in [0.1, 0.15) is 37.0 Å². The SMILES string of the molecule is C[C@H](N)C(=O)N1CCC[C@H]1C(=O)N[C@@H](C)C(=O)N(C)C(=O)c1c(O)ccc(O)c1-c1ccc(O)cc1. The van der Waals surface area contributed by atoms with E-state index in [0.717, 1.165) is 11.0 Å². The summed E-state index contributed by atoms with van der Waals surface area (Å²) in [5, 5.41) is 33.0. The first kappa shape index (κ1) is 26.5. The van der Waals surface area contributed by atoms with Crippen LogP contribution in [0.25, 0.3) is 11.1 Å². The molecule has 6 N–H and O–H groups in total. The normalized spacial score (nSPS) is 16.8. The highest BCUT2D eigenvalue weighted by molar-refractivity contribution is 6.12.